The van der Waals surface area contributed by atoms with Crippen LogP contribution in [0.3, 0.4) is 0 Å². The summed E-state index contributed by atoms with van der Waals surface area (Å²) in [5.74, 6) is 1.70. The van der Waals surface area contributed by atoms with Crippen LogP contribution in [0.15, 0.2) is 61.2 Å². The number of fused-ring (bicyclic) bond motifs is 2. The summed E-state index contributed by atoms with van der Waals surface area (Å²) in [7, 11) is 0. The van der Waals surface area contributed by atoms with E-state index in [9.17, 15) is 0 Å². The Kier molecular flexibility index (Phi) is 5.25. The Morgan fingerprint density at radius 1 is 1.11 bits per heavy atom. The number of aromatic nitrogens is 7. The average Bonchev–Trinajstić information content (AvgIpc) is 3.62. The largest absolute Gasteiger partial charge is 0.305 e. The van der Waals surface area contributed by atoms with Gasteiger partial charge in [-0.15, -0.1) is 16.8 Å². The number of rotatable bonds is 6. The zero-order valence-corrected chi connectivity index (χ0v) is 20.0. The maximum atomic E-state index is 5.02. The number of aromatic amines is 1. The van der Waals surface area contributed by atoms with Crippen molar-refractivity contribution in [2.24, 2.45) is 0 Å². The summed E-state index contributed by atoms with van der Waals surface area (Å²) < 4.78 is 2.38. The van der Waals surface area contributed by atoms with Gasteiger partial charge in [-0.25, -0.2) is 9.97 Å². The summed E-state index contributed by atoms with van der Waals surface area (Å²) in [5.41, 5.74) is 10.2. The Bertz CT molecular complexity index is 1550. The van der Waals surface area contributed by atoms with Crippen LogP contribution in [0.5, 0.6) is 0 Å². The summed E-state index contributed by atoms with van der Waals surface area (Å²) in [5, 5.41) is 14.7. The number of aryl methyl sites for hydroxylation is 3. The van der Waals surface area contributed by atoms with Crippen molar-refractivity contribution < 1.29 is 0 Å². The molecule has 1 atom stereocenters. The first-order valence-corrected chi connectivity index (χ1v) is 12.1. The molecule has 3 heterocycles. The highest BCUT2D eigenvalue weighted by Gasteiger charge is 2.29. The van der Waals surface area contributed by atoms with Crippen molar-refractivity contribution in [2.75, 3.05) is 0 Å². The van der Waals surface area contributed by atoms with Gasteiger partial charge in [0.2, 0.25) is 5.82 Å². The van der Waals surface area contributed by atoms with Crippen molar-refractivity contribution in [2.45, 2.75) is 45.6 Å². The molecular formula is C28H27N7. The molecule has 0 fully saturated rings. The molecule has 0 spiro atoms. The zero-order chi connectivity index (χ0) is 23.9. The number of pyridine rings is 1. The molecule has 1 aliphatic rings. The van der Waals surface area contributed by atoms with Crippen LogP contribution in [-0.2, 0) is 19.3 Å². The highest BCUT2D eigenvalue weighted by atomic mass is 15.5. The second-order valence-corrected chi connectivity index (χ2v) is 9.10. The van der Waals surface area contributed by atoms with Crippen molar-refractivity contribution in [3.05, 3.63) is 89.4 Å². The lowest BCUT2D eigenvalue weighted by atomic mass is 9.96. The van der Waals surface area contributed by atoms with Crippen molar-refractivity contribution in [1.82, 2.24) is 35.2 Å². The third-order valence-corrected chi connectivity index (χ3v) is 6.96. The Balaban J connectivity index is 1.45. The highest BCUT2D eigenvalue weighted by Crippen LogP contribution is 2.40. The lowest BCUT2D eigenvalue weighted by molar-refractivity contribution is 0.566. The molecule has 0 amide bonds. The quantitative estimate of drug-likeness (QED) is 0.342. The second-order valence-electron chi connectivity index (χ2n) is 9.10. The minimum Gasteiger partial charge on any atom is -0.305 e. The Morgan fingerprint density at radius 3 is 2.74 bits per heavy atom. The maximum Gasteiger partial charge on any atom is 0.205 e. The van der Waals surface area contributed by atoms with Crippen LogP contribution >= 0.6 is 0 Å². The van der Waals surface area contributed by atoms with Gasteiger partial charge in [-0.2, -0.15) is 5.21 Å². The van der Waals surface area contributed by atoms with E-state index in [1.54, 1.807) is 0 Å². The fourth-order valence-corrected chi connectivity index (χ4v) is 5.39. The van der Waals surface area contributed by atoms with E-state index in [4.69, 9.17) is 9.97 Å². The molecule has 2 aromatic carbocycles. The van der Waals surface area contributed by atoms with Crippen LogP contribution in [0.1, 0.15) is 47.6 Å². The number of allylic oxidation sites excluding steroid dienone is 1. The molecule has 35 heavy (non-hydrogen) atoms. The minimum atomic E-state index is 0.234. The first-order valence-electron chi connectivity index (χ1n) is 12.1. The van der Waals surface area contributed by atoms with E-state index in [-0.39, 0.29) is 6.04 Å². The predicted octanol–water partition coefficient (Wildman–Crippen LogP) is 5.41. The summed E-state index contributed by atoms with van der Waals surface area (Å²) in [6.45, 7) is 8.20. The molecule has 0 aliphatic heterocycles. The van der Waals surface area contributed by atoms with Gasteiger partial charge in [0.1, 0.15) is 11.3 Å². The normalized spacial score (nSPS) is 15.0. The smallest absolute Gasteiger partial charge is 0.205 e. The molecule has 0 bridgehead atoms. The van der Waals surface area contributed by atoms with Crippen molar-refractivity contribution in [3.8, 4) is 22.5 Å². The molecule has 0 saturated heterocycles. The van der Waals surface area contributed by atoms with Gasteiger partial charge >= 0.3 is 0 Å². The van der Waals surface area contributed by atoms with Crippen molar-refractivity contribution >= 4 is 11.2 Å². The van der Waals surface area contributed by atoms with E-state index in [0.29, 0.717) is 5.82 Å². The molecule has 7 nitrogen and oxygen atoms in total. The average molecular weight is 462 g/mol. The number of hydrogen-bond donors (Lipinski definition) is 1. The van der Waals surface area contributed by atoms with E-state index in [0.717, 1.165) is 59.5 Å². The Labute approximate surface area is 204 Å². The number of hydrogen-bond acceptors (Lipinski definition) is 5. The Hall–Kier alpha value is -4.13. The molecule has 6 rings (SSSR count). The molecule has 1 N–H and O–H groups in total. The summed E-state index contributed by atoms with van der Waals surface area (Å²) in [6, 6.07) is 17.4. The van der Waals surface area contributed by atoms with Crippen LogP contribution in [-0.4, -0.2) is 35.2 Å². The molecule has 0 radical (unpaired) electrons. The van der Waals surface area contributed by atoms with E-state index in [1.165, 1.54) is 22.3 Å². The first kappa shape index (κ1) is 21.4. The van der Waals surface area contributed by atoms with E-state index in [2.05, 4.69) is 82.0 Å². The third kappa shape index (κ3) is 3.55. The van der Waals surface area contributed by atoms with Gasteiger partial charge in [-0.05, 0) is 58.9 Å². The Morgan fingerprint density at radius 2 is 1.97 bits per heavy atom. The fraction of sp³-hybridized carbons (Fsp3) is 0.250. The molecule has 174 valence electrons. The van der Waals surface area contributed by atoms with Gasteiger partial charge in [0, 0.05) is 24.1 Å². The zero-order valence-electron chi connectivity index (χ0n) is 20.0. The summed E-state index contributed by atoms with van der Waals surface area (Å²) in [4.78, 5) is 10.0. The van der Waals surface area contributed by atoms with Crippen LogP contribution in [0.4, 0.5) is 0 Å². The summed E-state index contributed by atoms with van der Waals surface area (Å²) >= 11 is 0. The monoisotopic (exact) mass is 461 g/mol. The number of tetrazole rings is 1. The second kappa shape index (κ2) is 8.58. The topological polar surface area (TPSA) is 85.2 Å². The fourth-order valence-electron chi connectivity index (χ4n) is 5.39. The lowest BCUT2D eigenvalue weighted by Gasteiger charge is -2.18. The molecule has 0 saturated carbocycles. The first-order chi connectivity index (χ1) is 17.2. The molecule has 5 aromatic rings. The minimum absolute atomic E-state index is 0.234. The van der Waals surface area contributed by atoms with Gasteiger partial charge in [0.25, 0.3) is 0 Å². The standard InChI is InChI=1S/C28H27N7/c1-4-8-20-15-17(3)26-28(29-20)35(25(5-2)30-26)24-14-12-19-16-18(11-13-22(19)24)21-9-6-7-10-23(21)27-31-33-34-32-27/h4,6-7,9-11,13,15-16,24H,1,5,8,12,14H2,2-3H3,(H,31,32,33,34). The molecule has 3 aromatic heterocycles. The SMILES string of the molecule is C=CCc1cc(C)c2nc(CC)n(C3CCc4cc(-c5ccccc5-c5nn[nH]n5)ccc43)c2n1. The van der Waals surface area contributed by atoms with Gasteiger partial charge in [-0.1, -0.05) is 55.5 Å². The highest BCUT2D eigenvalue weighted by molar-refractivity contribution is 5.81. The number of benzene rings is 2. The van der Waals surface area contributed by atoms with Gasteiger partial charge in [0.15, 0.2) is 5.65 Å². The van der Waals surface area contributed by atoms with Crippen LogP contribution in [0.25, 0.3) is 33.7 Å². The number of nitrogens with zero attached hydrogens (tertiary/aromatic N) is 6. The number of H-pyrrole nitrogens is 1. The van der Waals surface area contributed by atoms with Gasteiger partial charge < -0.3 is 4.57 Å². The lowest BCUT2D eigenvalue weighted by Crippen LogP contribution is -2.12. The molecular weight excluding hydrogens is 434 g/mol. The van der Waals surface area contributed by atoms with E-state index >= 15 is 0 Å². The van der Waals surface area contributed by atoms with Crippen LogP contribution < -0.4 is 0 Å². The van der Waals surface area contributed by atoms with Crippen LogP contribution in [0.2, 0.25) is 0 Å². The third-order valence-electron chi connectivity index (χ3n) is 6.96. The number of nitrogens with one attached hydrogen (secondary N) is 1. The maximum absolute atomic E-state index is 5.02. The predicted molar refractivity (Wildman–Crippen MR) is 137 cm³/mol. The van der Waals surface area contributed by atoms with Gasteiger partial charge in [0.05, 0.1) is 6.04 Å². The molecule has 1 unspecified atom stereocenters. The van der Waals surface area contributed by atoms with Gasteiger partial charge in [-0.3, -0.25) is 0 Å². The van der Waals surface area contributed by atoms with E-state index < -0.39 is 0 Å². The van der Waals surface area contributed by atoms with Crippen molar-refractivity contribution in [3.63, 3.8) is 0 Å². The number of imidazole rings is 1. The van der Waals surface area contributed by atoms with Crippen molar-refractivity contribution in [1.29, 1.82) is 0 Å². The van der Waals surface area contributed by atoms with Crippen LogP contribution in [0, 0.1) is 6.92 Å². The molecule has 7 heteroatoms. The van der Waals surface area contributed by atoms with E-state index in [1.807, 2.05) is 18.2 Å². The molecule has 1 aliphatic carbocycles. The summed E-state index contributed by atoms with van der Waals surface area (Å²) in [6.07, 6.45) is 5.60.